The van der Waals surface area contributed by atoms with E-state index in [0.717, 1.165) is 6.07 Å². The highest BCUT2D eigenvalue weighted by atomic mass is 19.1. The number of aromatic nitrogens is 2. The average molecular weight is 270 g/mol. The summed E-state index contributed by atoms with van der Waals surface area (Å²) in [7, 11) is 0. The van der Waals surface area contributed by atoms with Gasteiger partial charge in [0.25, 0.3) is 5.89 Å². The summed E-state index contributed by atoms with van der Waals surface area (Å²) in [6, 6.07) is 2.92. The van der Waals surface area contributed by atoms with Crippen LogP contribution in [0.5, 0.6) is 0 Å². The Hall–Kier alpha value is -2.35. The highest BCUT2D eigenvalue weighted by molar-refractivity contribution is 5.67. The zero-order chi connectivity index (χ0) is 13.8. The van der Waals surface area contributed by atoms with Gasteiger partial charge in [0.15, 0.2) is 0 Å². The van der Waals surface area contributed by atoms with E-state index in [9.17, 15) is 13.6 Å². The van der Waals surface area contributed by atoms with E-state index in [4.69, 9.17) is 14.3 Å². The minimum atomic E-state index is -1.13. The molecular formula is C11H8F2N2O4. The first-order valence-electron chi connectivity index (χ1n) is 5.13. The normalized spacial score (nSPS) is 10.6. The average Bonchev–Trinajstić information content (AvgIpc) is 2.77. The van der Waals surface area contributed by atoms with Crippen LogP contribution in [0.2, 0.25) is 0 Å². The fourth-order valence-electron chi connectivity index (χ4n) is 1.31. The summed E-state index contributed by atoms with van der Waals surface area (Å²) in [4.78, 5) is 10.2. The minimum Gasteiger partial charge on any atom is -0.480 e. The van der Waals surface area contributed by atoms with E-state index in [2.05, 4.69) is 10.2 Å². The molecule has 0 atom stereocenters. The quantitative estimate of drug-likeness (QED) is 0.888. The zero-order valence-electron chi connectivity index (χ0n) is 9.47. The lowest BCUT2D eigenvalue weighted by Crippen LogP contribution is -2.06. The van der Waals surface area contributed by atoms with Crippen LogP contribution in [0, 0.1) is 11.6 Å². The molecule has 0 bridgehead atoms. The van der Waals surface area contributed by atoms with Crippen LogP contribution in [-0.2, 0) is 16.1 Å². The van der Waals surface area contributed by atoms with Gasteiger partial charge < -0.3 is 14.3 Å². The largest absolute Gasteiger partial charge is 0.480 e. The van der Waals surface area contributed by atoms with E-state index < -0.39 is 24.2 Å². The van der Waals surface area contributed by atoms with Crippen LogP contribution >= 0.6 is 0 Å². The molecule has 1 N–H and O–H groups in total. The summed E-state index contributed by atoms with van der Waals surface area (Å²) >= 11 is 0. The van der Waals surface area contributed by atoms with E-state index in [1.807, 2.05) is 0 Å². The summed E-state index contributed by atoms with van der Waals surface area (Å²) in [5.41, 5.74) is -0.0432. The summed E-state index contributed by atoms with van der Waals surface area (Å²) in [5.74, 6) is -2.82. The first kappa shape index (κ1) is 13.1. The van der Waals surface area contributed by atoms with Gasteiger partial charge in [-0.25, -0.2) is 13.6 Å². The van der Waals surface area contributed by atoms with Crippen molar-refractivity contribution in [3.05, 3.63) is 35.7 Å². The molecule has 2 rings (SSSR count). The predicted octanol–water partition coefficient (Wildman–Crippen LogP) is 1.62. The van der Waals surface area contributed by atoms with Crippen LogP contribution in [0.3, 0.4) is 0 Å². The van der Waals surface area contributed by atoms with Crippen molar-refractivity contribution >= 4 is 5.97 Å². The molecular weight excluding hydrogens is 262 g/mol. The van der Waals surface area contributed by atoms with Crippen LogP contribution in [0.1, 0.15) is 5.89 Å². The predicted molar refractivity (Wildman–Crippen MR) is 56.9 cm³/mol. The van der Waals surface area contributed by atoms with E-state index in [1.54, 1.807) is 0 Å². The third-order valence-electron chi connectivity index (χ3n) is 2.08. The lowest BCUT2D eigenvalue weighted by atomic mass is 10.2. The summed E-state index contributed by atoms with van der Waals surface area (Å²) in [6.45, 7) is -0.718. The molecule has 8 heteroatoms. The van der Waals surface area contributed by atoms with Gasteiger partial charge in [-0.3, -0.25) is 0 Å². The number of hydrogen-bond acceptors (Lipinski definition) is 5. The van der Waals surface area contributed by atoms with Crippen LogP contribution < -0.4 is 0 Å². The molecule has 100 valence electrons. The maximum Gasteiger partial charge on any atom is 0.329 e. The monoisotopic (exact) mass is 270 g/mol. The number of carboxylic acid groups (broad SMARTS) is 1. The molecule has 0 unspecified atom stereocenters. The number of hydrogen-bond donors (Lipinski definition) is 1. The summed E-state index contributed by atoms with van der Waals surface area (Å²) in [6.07, 6.45) is 0. The number of carboxylic acids is 1. The van der Waals surface area contributed by atoms with Crippen molar-refractivity contribution in [3.8, 4) is 11.5 Å². The second-order valence-electron chi connectivity index (χ2n) is 3.51. The number of halogens is 2. The van der Waals surface area contributed by atoms with Gasteiger partial charge >= 0.3 is 5.97 Å². The van der Waals surface area contributed by atoms with Gasteiger partial charge in [-0.2, -0.15) is 0 Å². The molecule has 1 aromatic heterocycles. The van der Waals surface area contributed by atoms with Crippen molar-refractivity contribution in [2.45, 2.75) is 6.61 Å². The number of rotatable bonds is 5. The molecule has 6 nitrogen and oxygen atoms in total. The third-order valence-corrected chi connectivity index (χ3v) is 2.08. The van der Waals surface area contributed by atoms with Crippen LogP contribution in [-0.4, -0.2) is 27.9 Å². The second kappa shape index (κ2) is 5.53. The molecule has 0 radical (unpaired) electrons. The number of ether oxygens (including phenoxy) is 1. The van der Waals surface area contributed by atoms with Gasteiger partial charge in [-0.15, -0.1) is 10.2 Å². The molecule has 0 aliphatic rings. The fourth-order valence-corrected chi connectivity index (χ4v) is 1.31. The molecule has 0 aliphatic heterocycles. The summed E-state index contributed by atoms with van der Waals surface area (Å²) < 4.78 is 36.0. The molecule has 1 aromatic carbocycles. The Morgan fingerprint density at radius 1 is 1.37 bits per heavy atom. The van der Waals surface area contributed by atoms with Gasteiger partial charge in [0.1, 0.15) is 24.8 Å². The number of aliphatic carboxylic acids is 1. The zero-order valence-corrected chi connectivity index (χ0v) is 9.47. The lowest BCUT2D eigenvalue weighted by molar-refractivity contribution is -0.142. The standard InChI is InChI=1S/C11H8F2N2O4/c12-6-1-2-7(8(13)3-6)11-15-14-9(19-11)4-18-5-10(16)17/h1-3H,4-5H2,(H,16,17). The van der Waals surface area contributed by atoms with E-state index in [-0.39, 0.29) is 24.0 Å². The van der Waals surface area contributed by atoms with E-state index in [0.29, 0.717) is 6.07 Å². The molecule has 2 aromatic rings. The van der Waals surface area contributed by atoms with E-state index in [1.165, 1.54) is 6.07 Å². The SMILES string of the molecule is O=C(O)COCc1nnc(-c2ccc(F)cc2F)o1. The fraction of sp³-hybridized carbons (Fsp3) is 0.182. The van der Waals surface area contributed by atoms with Crippen LogP contribution in [0.25, 0.3) is 11.5 Å². The van der Waals surface area contributed by atoms with Crippen molar-refractivity contribution in [2.75, 3.05) is 6.61 Å². The Kier molecular flexibility index (Phi) is 3.81. The number of nitrogens with zero attached hydrogens (tertiary/aromatic N) is 2. The van der Waals surface area contributed by atoms with Gasteiger partial charge in [-0.1, -0.05) is 0 Å². The van der Waals surface area contributed by atoms with Gasteiger partial charge in [-0.05, 0) is 12.1 Å². The Labute approximate surface area is 105 Å². The third kappa shape index (κ3) is 3.32. The molecule has 1 heterocycles. The van der Waals surface area contributed by atoms with Crippen molar-refractivity contribution < 1.29 is 27.8 Å². The molecule has 0 spiro atoms. The highest BCUT2D eigenvalue weighted by Gasteiger charge is 2.14. The first-order chi connectivity index (χ1) is 9.06. The van der Waals surface area contributed by atoms with Crippen LogP contribution in [0.15, 0.2) is 22.6 Å². The smallest absolute Gasteiger partial charge is 0.329 e. The highest BCUT2D eigenvalue weighted by Crippen LogP contribution is 2.22. The van der Waals surface area contributed by atoms with Crippen molar-refractivity contribution in [2.24, 2.45) is 0 Å². The lowest BCUT2D eigenvalue weighted by Gasteiger charge is -1.97. The molecule has 0 fully saturated rings. The molecule has 0 saturated carbocycles. The summed E-state index contributed by atoms with van der Waals surface area (Å²) in [5, 5.41) is 15.5. The Balaban J connectivity index is 2.10. The first-order valence-corrected chi connectivity index (χ1v) is 5.13. The molecule has 19 heavy (non-hydrogen) atoms. The molecule has 0 aliphatic carbocycles. The van der Waals surface area contributed by atoms with Crippen molar-refractivity contribution in [3.63, 3.8) is 0 Å². The van der Waals surface area contributed by atoms with Crippen molar-refractivity contribution in [1.29, 1.82) is 0 Å². The topological polar surface area (TPSA) is 85.5 Å². The number of benzene rings is 1. The Bertz CT molecular complexity index is 600. The van der Waals surface area contributed by atoms with E-state index >= 15 is 0 Å². The molecule has 0 amide bonds. The Morgan fingerprint density at radius 3 is 2.84 bits per heavy atom. The number of carbonyl (C=O) groups is 1. The molecule has 0 saturated heterocycles. The Morgan fingerprint density at radius 2 is 2.16 bits per heavy atom. The minimum absolute atomic E-state index is 0.0000231. The second-order valence-corrected chi connectivity index (χ2v) is 3.51. The maximum atomic E-state index is 13.4. The van der Waals surface area contributed by atoms with Crippen LogP contribution in [0.4, 0.5) is 8.78 Å². The van der Waals surface area contributed by atoms with Crippen molar-refractivity contribution in [1.82, 2.24) is 10.2 Å². The van der Waals surface area contributed by atoms with Gasteiger partial charge in [0, 0.05) is 6.07 Å². The maximum absolute atomic E-state index is 13.4. The van der Waals surface area contributed by atoms with Gasteiger partial charge in [0.2, 0.25) is 5.89 Å². The van der Waals surface area contributed by atoms with Gasteiger partial charge in [0.05, 0.1) is 5.56 Å².